The van der Waals surface area contributed by atoms with E-state index in [4.69, 9.17) is 4.74 Å². The number of ether oxygens (including phenoxy) is 1. The molecule has 1 aromatic heterocycles. The van der Waals surface area contributed by atoms with Crippen LogP contribution in [-0.2, 0) is 11.3 Å². The fraction of sp³-hybridized carbons (Fsp3) is 0.600. The van der Waals surface area contributed by atoms with E-state index in [1.54, 1.807) is 7.11 Å². The van der Waals surface area contributed by atoms with Crippen LogP contribution >= 0.6 is 0 Å². The molecule has 0 bridgehead atoms. The van der Waals surface area contributed by atoms with Crippen molar-refractivity contribution in [1.82, 2.24) is 9.97 Å². The molecular formula is C10H17N3O. The van der Waals surface area contributed by atoms with Crippen molar-refractivity contribution in [3.63, 3.8) is 0 Å². The van der Waals surface area contributed by atoms with Gasteiger partial charge in [0, 0.05) is 19.7 Å². The molecule has 78 valence electrons. The first-order chi connectivity index (χ1) is 6.76. The summed E-state index contributed by atoms with van der Waals surface area (Å²) in [4.78, 5) is 8.53. The van der Waals surface area contributed by atoms with Gasteiger partial charge in [-0.3, -0.25) is 0 Å². The minimum atomic E-state index is 0.532. The van der Waals surface area contributed by atoms with E-state index in [1.807, 2.05) is 13.0 Å². The predicted molar refractivity (Wildman–Crippen MR) is 56.3 cm³/mol. The van der Waals surface area contributed by atoms with Gasteiger partial charge in [-0.1, -0.05) is 6.92 Å². The third-order valence-corrected chi connectivity index (χ3v) is 1.74. The maximum absolute atomic E-state index is 5.02. The normalized spacial score (nSPS) is 10.2. The molecule has 1 rings (SSSR count). The van der Waals surface area contributed by atoms with E-state index in [2.05, 4.69) is 22.2 Å². The molecule has 0 unspecified atom stereocenters. The Morgan fingerprint density at radius 3 is 2.86 bits per heavy atom. The molecule has 0 fully saturated rings. The van der Waals surface area contributed by atoms with Gasteiger partial charge < -0.3 is 10.1 Å². The second-order valence-corrected chi connectivity index (χ2v) is 3.15. The van der Waals surface area contributed by atoms with Crippen LogP contribution in [0.4, 0.5) is 5.82 Å². The zero-order chi connectivity index (χ0) is 10.4. The minimum absolute atomic E-state index is 0.532. The molecule has 1 heterocycles. The molecule has 1 N–H and O–H groups in total. The summed E-state index contributed by atoms with van der Waals surface area (Å²) in [5.74, 6) is 1.66. The third kappa shape index (κ3) is 3.30. The number of methoxy groups -OCH3 is 1. The number of hydrogen-bond donors (Lipinski definition) is 1. The van der Waals surface area contributed by atoms with Crippen LogP contribution in [0.25, 0.3) is 0 Å². The van der Waals surface area contributed by atoms with Gasteiger partial charge in [-0.15, -0.1) is 0 Å². The van der Waals surface area contributed by atoms with Crippen LogP contribution in [0.1, 0.15) is 24.9 Å². The zero-order valence-corrected chi connectivity index (χ0v) is 9.00. The van der Waals surface area contributed by atoms with Crippen LogP contribution in [-0.4, -0.2) is 23.6 Å². The first-order valence-corrected chi connectivity index (χ1v) is 4.83. The summed E-state index contributed by atoms with van der Waals surface area (Å²) in [5, 5.41) is 3.23. The van der Waals surface area contributed by atoms with E-state index < -0.39 is 0 Å². The Labute approximate surface area is 84.7 Å². The van der Waals surface area contributed by atoms with E-state index in [-0.39, 0.29) is 0 Å². The topological polar surface area (TPSA) is 47.0 Å². The summed E-state index contributed by atoms with van der Waals surface area (Å²) < 4.78 is 5.02. The second kappa shape index (κ2) is 5.54. The van der Waals surface area contributed by atoms with Crippen molar-refractivity contribution in [3.05, 3.63) is 17.6 Å². The number of nitrogens with one attached hydrogen (secondary N) is 1. The molecule has 0 saturated heterocycles. The van der Waals surface area contributed by atoms with Gasteiger partial charge in [-0.05, 0) is 13.3 Å². The summed E-state index contributed by atoms with van der Waals surface area (Å²) in [6, 6.07) is 1.92. The molecule has 0 aliphatic carbocycles. The molecule has 0 spiro atoms. The van der Waals surface area contributed by atoms with E-state index in [0.29, 0.717) is 6.61 Å². The van der Waals surface area contributed by atoms with Gasteiger partial charge in [-0.2, -0.15) is 0 Å². The van der Waals surface area contributed by atoms with Crippen LogP contribution in [0.5, 0.6) is 0 Å². The number of aromatic nitrogens is 2. The maximum atomic E-state index is 5.02. The highest BCUT2D eigenvalue weighted by Gasteiger charge is 2.00. The fourth-order valence-corrected chi connectivity index (χ4v) is 1.19. The van der Waals surface area contributed by atoms with Crippen molar-refractivity contribution in [2.24, 2.45) is 0 Å². The summed E-state index contributed by atoms with van der Waals surface area (Å²) in [6.45, 7) is 5.47. The van der Waals surface area contributed by atoms with E-state index in [1.165, 1.54) is 0 Å². The number of hydrogen-bond acceptors (Lipinski definition) is 4. The second-order valence-electron chi connectivity index (χ2n) is 3.15. The Hall–Kier alpha value is -1.16. The summed E-state index contributed by atoms with van der Waals surface area (Å²) >= 11 is 0. The van der Waals surface area contributed by atoms with Crippen molar-refractivity contribution >= 4 is 5.82 Å². The lowest BCUT2D eigenvalue weighted by atomic mass is 10.4. The first-order valence-electron chi connectivity index (χ1n) is 4.83. The van der Waals surface area contributed by atoms with E-state index in [0.717, 1.165) is 30.3 Å². The number of rotatable bonds is 5. The van der Waals surface area contributed by atoms with Crippen LogP contribution in [0, 0.1) is 6.92 Å². The highest BCUT2D eigenvalue weighted by Crippen LogP contribution is 2.07. The predicted octanol–water partition coefficient (Wildman–Crippen LogP) is 1.75. The molecule has 0 aliphatic heterocycles. The van der Waals surface area contributed by atoms with Gasteiger partial charge >= 0.3 is 0 Å². The smallest absolute Gasteiger partial charge is 0.130 e. The van der Waals surface area contributed by atoms with E-state index >= 15 is 0 Å². The molecule has 0 saturated carbocycles. The minimum Gasteiger partial charge on any atom is -0.378 e. The molecule has 0 atom stereocenters. The first kappa shape index (κ1) is 10.9. The van der Waals surface area contributed by atoms with Crippen molar-refractivity contribution in [3.8, 4) is 0 Å². The molecule has 0 aliphatic rings. The molecular weight excluding hydrogens is 178 g/mol. The average Bonchev–Trinajstić information content (AvgIpc) is 2.14. The van der Waals surface area contributed by atoms with Crippen molar-refractivity contribution in [2.75, 3.05) is 19.0 Å². The Kier molecular flexibility index (Phi) is 4.32. The summed E-state index contributed by atoms with van der Waals surface area (Å²) in [5.41, 5.74) is 0.915. The highest BCUT2D eigenvalue weighted by atomic mass is 16.5. The Balaban J connectivity index is 2.73. The molecule has 0 aromatic carbocycles. The molecule has 14 heavy (non-hydrogen) atoms. The molecule has 0 amide bonds. The molecule has 0 radical (unpaired) electrons. The summed E-state index contributed by atoms with van der Waals surface area (Å²) in [6.07, 6.45) is 1.09. The monoisotopic (exact) mass is 195 g/mol. The Morgan fingerprint density at radius 1 is 1.43 bits per heavy atom. The molecule has 1 aromatic rings. The van der Waals surface area contributed by atoms with Gasteiger partial charge in [-0.25, -0.2) is 9.97 Å². The third-order valence-electron chi connectivity index (χ3n) is 1.74. The van der Waals surface area contributed by atoms with Crippen molar-refractivity contribution < 1.29 is 4.74 Å². The largest absolute Gasteiger partial charge is 0.378 e. The van der Waals surface area contributed by atoms with Crippen LogP contribution in [0.3, 0.4) is 0 Å². The summed E-state index contributed by atoms with van der Waals surface area (Å²) in [7, 11) is 1.66. The van der Waals surface area contributed by atoms with Crippen LogP contribution in [0.15, 0.2) is 6.07 Å². The quantitative estimate of drug-likeness (QED) is 0.777. The maximum Gasteiger partial charge on any atom is 0.130 e. The lowest BCUT2D eigenvalue weighted by Crippen LogP contribution is -2.05. The van der Waals surface area contributed by atoms with E-state index in [9.17, 15) is 0 Å². The van der Waals surface area contributed by atoms with Crippen molar-refractivity contribution in [1.29, 1.82) is 0 Å². The molecule has 4 heteroatoms. The lowest BCUT2D eigenvalue weighted by molar-refractivity contribution is 0.181. The Bertz CT molecular complexity index is 289. The number of anilines is 1. The van der Waals surface area contributed by atoms with Gasteiger partial charge in [0.25, 0.3) is 0 Å². The average molecular weight is 195 g/mol. The van der Waals surface area contributed by atoms with Gasteiger partial charge in [0.1, 0.15) is 11.6 Å². The highest BCUT2D eigenvalue weighted by molar-refractivity contribution is 5.35. The van der Waals surface area contributed by atoms with Crippen LogP contribution < -0.4 is 5.32 Å². The van der Waals surface area contributed by atoms with Gasteiger partial charge in [0.2, 0.25) is 0 Å². The van der Waals surface area contributed by atoms with Gasteiger partial charge in [0.05, 0.1) is 12.3 Å². The van der Waals surface area contributed by atoms with Crippen molar-refractivity contribution in [2.45, 2.75) is 26.9 Å². The number of nitrogens with zero attached hydrogens (tertiary/aromatic N) is 2. The lowest BCUT2D eigenvalue weighted by Gasteiger charge is -2.06. The van der Waals surface area contributed by atoms with Crippen LogP contribution in [0.2, 0.25) is 0 Å². The Morgan fingerprint density at radius 2 is 2.21 bits per heavy atom. The molecule has 4 nitrogen and oxygen atoms in total. The number of aryl methyl sites for hydroxylation is 1. The SMILES string of the molecule is CCCNc1cc(COC)nc(C)n1. The standard InChI is InChI=1S/C10H17N3O/c1-4-5-11-10-6-9(7-14-3)12-8(2)13-10/h6H,4-5,7H2,1-3H3,(H,11,12,13). The fourth-order valence-electron chi connectivity index (χ4n) is 1.19. The van der Waals surface area contributed by atoms with Gasteiger partial charge in [0.15, 0.2) is 0 Å². The zero-order valence-electron chi connectivity index (χ0n) is 9.00.